The molecule has 14 nitrogen and oxygen atoms in total. The number of benzene rings is 2. The second kappa shape index (κ2) is 16.7. The number of nitrogens with one attached hydrogen (secondary N) is 2. The number of imidazole rings is 1. The number of aryl methyl sites for hydroxylation is 3. The lowest BCUT2D eigenvalue weighted by molar-refractivity contribution is -0.120. The van der Waals surface area contributed by atoms with Gasteiger partial charge in [-0.3, -0.25) is 19.4 Å². The molecule has 0 radical (unpaired) electrons. The molecular weight excluding hydrogens is 654 g/mol. The smallest absolute Gasteiger partial charge is 0.354 e. The molecule has 1 aliphatic heterocycles. The number of likely N-dealkylation sites (tertiary alicyclic amines) is 1. The Morgan fingerprint density at radius 3 is 2.49 bits per heavy atom. The molecule has 1 saturated heterocycles. The molecule has 2 aromatic heterocycles. The van der Waals surface area contributed by atoms with E-state index in [1.807, 2.05) is 37.5 Å². The Hall–Kier alpha value is -5.92. The molecule has 268 valence electrons. The number of amides is 3. The van der Waals surface area contributed by atoms with Crippen molar-refractivity contribution >= 4 is 47.6 Å². The van der Waals surface area contributed by atoms with Crippen LogP contribution < -0.4 is 20.1 Å². The van der Waals surface area contributed by atoms with Gasteiger partial charge in [-0.2, -0.15) is 0 Å². The third-order valence-electron chi connectivity index (χ3n) is 8.62. The molecule has 14 heteroatoms. The van der Waals surface area contributed by atoms with Gasteiger partial charge in [-0.25, -0.2) is 9.78 Å². The Bertz CT molecular complexity index is 1910. The fourth-order valence-corrected chi connectivity index (χ4v) is 5.82. The van der Waals surface area contributed by atoms with Gasteiger partial charge in [0.2, 0.25) is 18.1 Å². The minimum absolute atomic E-state index is 0.0330. The van der Waals surface area contributed by atoms with Crippen LogP contribution in [0.3, 0.4) is 0 Å². The summed E-state index contributed by atoms with van der Waals surface area (Å²) >= 11 is 0. The zero-order valence-corrected chi connectivity index (χ0v) is 29.5. The molecule has 3 amide bonds. The number of esters is 1. The van der Waals surface area contributed by atoms with E-state index in [2.05, 4.69) is 20.6 Å². The van der Waals surface area contributed by atoms with Gasteiger partial charge in [-0.05, 0) is 68.0 Å². The minimum atomic E-state index is -0.442. The van der Waals surface area contributed by atoms with Gasteiger partial charge >= 0.3 is 5.97 Å². The predicted molar refractivity (Wildman–Crippen MR) is 193 cm³/mol. The molecule has 4 aromatic rings. The summed E-state index contributed by atoms with van der Waals surface area (Å²) < 4.78 is 19.5. The van der Waals surface area contributed by atoms with Gasteiger partial charge in [0, 0.05) is 63.0 Å². The second-order valence-electron chi connectivity index (χ2n) is 12.3. The highest BCUT2D eigenvalue weighted by atomic mass is 16.5. The SMILES string of the molecule is COC(=O)c1cc(-c2ccc(NC(=O)c3nc(NC(=O)CCCOc4cc(/N=C\C5CCCCN5C=O)c(C)cc4OC)cn3C)cc2)cn1C. The van der Waals surface area contributed by atoms with Crippen molar-refractivity contribution in [3.63, 3.8) is 0 Å². The first kappa shape index (κ1) is 36.4. The van der Waals surface area contributed by atoms with E-state index >= 15 is 0 Å². The van der Waals surface area contributed by atoms with Gasteiger partial charge in [0.1, 0.15) is 5.69 Å². The molecule has 3 heterocycles. The number of aromatic nitrogens is 3. The molecule has 5 rings (SSSR count). The van der Waals surface area contributed by atoms with Crippen molar-refractivity contribution < 1.29 is 33.4 Å². The monoisotopic (exact) mass is 697 g/mol. The summed E-state index contributed by atoms with van der Waals surface area (Å²) in [4.78, 5) is 59.9. The lowest BCUT2D eigenvalue weighted by atomic mass is 10.0. The highest BCUT2D eigenvalue weighted by Gasteiger charge is 2.20. The van der Waals surface area contributed by atoms with Gasteiger partial charge in [0.15, 0.2) is 17.3 Å². The fourth-order valence-electron chi connectivity index (χ4n) is 5.82. The molecule has 0 aliphatic carbocycles. The summed E-state index contributed by atoms with van der Waals surface area (Å²) in [7, 11) is 6.34. The highest BCUT2D eigenvalue weighted by Crippen LogP contribution is 2.35. The average molecular weight is 698 g/mol. The third-order valence-corrected chi connectivity index (χ3v) is 8.62. The topological polar surface area (TPSA) is 158 Å². The second-order valence-corrected chi connectivity index (χ2v) is 12.3. The molecule has 2 aromatic carbocycles. The van der Waals surface area contributed by atoms with E-state index in [9.17, 15) is 19.2 Å². The van der Waals surface area contributed by atoms with Crippen LogP contribution in [-0.2, 0) is 28.4 Å². The van der Waals surface area contributed by atoms with Crippen LogP contribution in [-0.4, -0.2) is 82.8 Å². The van der Waals surface area contributed by atoms with E-state index in [-0.39, 0.29) is 36.6 Å². The number of nitrogens with zero attached hydrogens (tertiary/aromatic N) is 5. The summed E-state index contributed by atoms with van der Waals surface area (Å²) in [5.74, 6) is 0.301. The highest BCUT2D eigenvalue weighted by molar-refractivity contribution is 6.02. The maximum absolute atomic E-state index is 13.0. The van der Waals surface area contributed by atoms with Crippen LogP contribution >= 0.6 is 0 Å². The number of ether oxygens (including phenoxy) is 3. The summed E-state index contributed by atoms with van der Waals surface area (Å²) in [5, 5.41) is 5.57. The van der Waals surface area contributed by atoms with Crippen LogP contribution in [0.25, 0.3) is 11.1 Å². The van der Waals surface area contributed by atoms with Crippen LogP contribution in [0.15, 0.2) is 59.9 Å². The Kier molecular flexibility index (Phi) is 11.9. The van der Waals surface area contributed by atoms with Crippen molar-refractivity contribution in [2.75, 3.05) is 38.0 Å². The molecule has 51 heavy (non-hydrogen) atoms. The predicted octanol–water partition coefficient (Wildman–Crippen LogP) is 5.29. The number of carbonyl (C=O) groups is 4. The summed E-state index contributed by atoms with van der Waals surface area (Å²) in [6.07, 6.45) is 9.60. The lowest BCUT2D eigenvalue weighted by Gasteiger charge is -2.29. The normalized spacial score (nSPS) is 14.3. The van der Waals surface area contributed by atoms with E-state index < -0.39 is 11.9 Å². The maximum atomic E-state index is 13.0. The van der Waals surface area contributed by atoms with Crippen molar-refractivity contribution in [1.29, 1.82) is 0 Å². The molecular formula is C37H43N7O7. The van der Waals surface area contributed by atoms with E-state index in [0.717, 1.165) is 54.6 Å². The van der Waals surface area contributed by atoms with Crippen molar-refractivity contribution in [3.8, 4) is 22.6 Å². The van der Waals surface area contributed by atoms with Gasteiger partial charge in [-0.1, -0.05) is 12.1 Å². The van der Waals surface area contributed by atoms with Crippen LogP contribution in [0.1, 0.15) is 58.8 Å². The average Bonchev–Trinajstić information content (AvgIpc) is 3.71. The van der Waals surface area contributed by atoms with Gasteiger partial charge < -0.3 is 38.9 Å². The molecule has 1 aliphatic rings. The van der Waals surface area contributed by atoms with Crippen LogP contribution in [0, 0.1) is 6.92 Å². The molecule has 1 fully saturated rings. The van der Waals surface area contributed by atoms with E-state index in [4.69, 9.17) is 14.2 Å². The fraction of sp³-hybridized carbons (Fsp3) is 0.351. The Balaban J connectivity index is 1.11. The number of carbonyl (C=O) groups excluding carboxylic acids is 4. The lowest BCUT2D eigenvalue weighted by Crippen LogP contribution is -2.39. The summed E-state index contributed by atoms with van der Waals surface area (Å²) in [6, 6.07) is 12.6. The van der Waals surface area contributed by atoms with Crippen LogP contribution in [0.2, 0.25) is 0 Å². The number of methoxy groups -OCH3 is 2. The van der Waals surface area contributed by atoms with Crippen molar-refractivity contribution in [1.82, 2.24) is 19.0 Å². The van der Waals surface area contributed by atoms with Crippen molar-refractivity contribution in [2.24, 2.45) is 19.1 Å². The van der Waals surface area contributed by atoms with Crippen LogP contribution in [0.4, 0.5) is 17.2 Å². The van der Waals surface area contributed by atoms with E-state index in [1.54, 1.807) is 61.1 Å². The van der Waals surface area contributed by atoms with Crippen molar-refractivity contribution in [3.05, 3.63) is 71.9 Å². The molecule has 0 saturated carbocycles. The zero-order chi connectivity index (χ0) is 36.5. The number of anilines is 2. The number of hydrogen-bond donors (Lipinski definition) is 2. The quantitative estimate of drug-likeness (QED) is 0.0779. The third kappa shape index (κ3) is 9.01. The van der Waals surface area contributed by atoms with Crippen molar-refractivity contribution in [2.45, 2.75) is 45.1 Å². The van der Waals surface area contributed by atoms with Gasteiger partial charge in [-0.15, -0.1) is 0 Å². The Morgan fingerprint density at radius 2 is 1.76 bits per heavy atom. The molecule has 0 spiro atoms. The molecule has 1 atom stereocenters. The molecule has 1 unspecified atom stereocenters. The molecule has 2 N–H and O–H groups in total. The zero-order valence-electron chi connectivity index (χ0n) is 29.5. The summed E-state index contributed by atoms with van der Waals surface area (Å²) in [6.45, 7) is 2.92. The maximum Gasteiger partial charge on any atom is 0.354 e. The van der Waals surface area contributed by atoms with Gasteiger partial charge in [0.25, 0.3) is 5.91 Å². The Morgan fingerprint density at radius 1 is 0.980 bits per heavy atom. The first-order valence-electron chi connectivity index (χ1n) is 16.7. The van der Waals surface area contributed by atoms with E-state index in [0.29, 0.717) is 29.3 Å². The minimum Gasteiger partial charge on any atom is -0.493 e. The number of aliphatic imine (C=N–C) groups is 1. The van der Waals surface area contributed by atoms with Gasteiger partial charge in [0.05, 0.1) is 32.6 Å². The first-order valence-corrected chi connectivity index (χ1v) is 16.7. The standard InChI is InChI=1S/C37H43N7O7/c1-24-17-31(49-4)32(19-29(24)38-20-28-9-6-7-15-44(28)23-45)51-16-8-10-34(46)40-33-22-43(3)35(41-33)36(47)39-27-13-11-25(12-14-27)26-18-30(37(48)50-5)42(2)21-26/h11-14,17-23,28H,6-10,15-16H2,1-5H3,(H,39,47)(H,40,46)/b38-20-. The number of rotatable bonds is 14. The number of hydrogen-bond acceptors (Lipinski definition) is 9. The summed E-state index contributed by atoms with van der Waals surface area (Å²) in [5.41, 5.74) is 4.30. The first-order chi connectivity index (χ1) is 24.6. The number of piperidine rings is 1. The van der Waals surface area contributed by atoms with Crippen LogP contribution in [0.5, 0.6) is 11.5 Å². The van der Waals surface area contributed by atoms with E-state index in [1.165, 1.54) is 11.7 Å². The molecule has 0 bridgehead atoms. The largest absolute Gasteiger partial charge is 0.493 e. The Labute approximate surface area is 296 Å².